The summed E-state index contributed by atoms with van der Waals surface area (Å²) in [6, 6.07) is 11.2. The molecule has 4 N–H and O–H groups in total. The van der Waals surface area contributed by atoms with E-state index in [4.69, 9.17) is 16.4 Å². The first-order valence-electron chi connectivity index (χ1n) is 10.5. The molecule has 0 aromatic heterocycles. The van der Waals surface area contributed by atoms with Crippen LogP contribution in [0.1, 0.15) is 11.1 Å². The molecule has 0 fully saturated rings. The van der Waals surface area contributed by atoms with E-state index in [1.54, 1.807) is 43.4 Å². The molecule has 0 aliphatic carbocycles. The molecule has 3 aromatic rings. The Bertz CT molecular complexity index is 1510. The number of alkyl halides is 1. The van der Waals surface area contributed by atoms with Gasteiger partial charge in [0.15, 0.2) is 15.6 Å². The maximum Gasteiger partial charge on any atom is 0.296 e. The number of sulfone groups is 1. The molecule has 0 heterocycles. The Morgan fingerprint density at radius 1 is 1.08 bits per heavy atom. The van der Waals surface area contributed by atoms with E-state index in [0.29, 0.717) is 27.7 Å². The van der Waals surface area contributed by atoms with Gasteiger partial charge < -0.3 is 10.4 Å². The lowest BCUT2D eigenvalue weighted by molar-refractivity contribution is 0.0392. The number of nitrogens with one attached hydrogen (secondary N) is 2. The van der Waals surface area contributed by atoms with Crippen LogP contribution in [-0.2, 0) is 31.4 Å². The summed E-state index contributed by atoms with van der Waals surface area (Å²) in [6.45, 7) is 1.81. The molecule has 0 bridgehead atoms. The molecule has 194 valence electrons. The lowest BCUT2D eigenvalue weighted by Gasteiger charge is -2.13. The largest absolute Gasteiger partial charge is 0.505 e. The van der Waals surface area contributed by atoms with E-state index in [2.05, 4.69) is 21.0 Å². The monoisotopic (exact) mass is 556 g/mol. The molecular formula is C22H25ClN4O7S2. The second-order valence-corrected chi connectivity index (χ2v) is 11.7. The number of phenols is 1. The van der Waals surface area contributed by atoms with Gasteiger partial charge in [-0.25, -0.2) is 8.42 Å². The number of phenolic OH excluding ortho intramolecular Hbond substituents is 1. The maximum atomic E-state index is 12.1. The number of aryl methyl sites for hydroxylation is 1. The molecule has 0 atom stereocenters. The summed E-state index contributed by atoms with van der Waals surface area (Å²) in [5.41, 5.74) is 4.21. The Morgan fingerprint density at radius 2 is 1.83 bits per heavy atom. The maximum absolute atomic E-state index is 12.1. The normalized spacial score (nSPS) is 12.4. The van der Waals surface area contributed by atoms with Gasteiger partial charge >= 0.3 is 0 Å². The van der Waals surface area contributed by atoms with Crippen molar-refractivity contribution in [2.75, 3.05) is 29.9 Å². The van der Waals surface area contributed by atoms with Crippen LogP contribution in [0.2, 0.25) is 0 Å². The van der Waals surface area contributed by atoms with Gasteiger partial charge in [0.25, 0.3) is 10.1 Å². The van der Waals surface area contributed by atoms with Crippen molar-refractivity contribution < 1.29 is 31.3 Å². The van der Waals surface area contributed by atoms with E-state index in [-0.39, 0.29) is 18.2 Å². The number of fused-ring (bicyclic) bond motifs is 1. The van der Waals surface area contributed by atoms with E-state index in [1.807, 2.05) is 6.92 Å². The second-order valence-electron chi connectivity index (χ2n) is 7.79. The molecule has 0 unspecified atom stereocenters. The lowest BCUT2D eigenvalue weighted by Crippen LogP contribution is -2.25. The van der Waals surface area contributed by atoms with Crippen molar-refractivity contribution in [3.05, 3.63) is 53.6 Å². The zero-order valence-electron chi connectivity index (χ0n) is 19.4. The molecule has 0 spiro atoms. The van der Waals surface area contributed by atoms with Crippen molar-refractivity contribution in [1.82, 2.24) is 5.48 Å². The first-order chi connectivity index (χ1) is 16.9. The summed E-state index contributed by atoms with van der Waals surface area (Å²) >= 11 is 5.45. The van der Waals surface area contributed by atoms with Crippen molar-refractivity contribution in [2.45, 2.75) is 18.4 Å². The molecule has 36 heavy (non-hydrogen) atoms. The molecular weight excluding hydrogens is 532 g/mol. The second kappa shape index (κ2) is 11.5. The Kier molecular flexibility index (Phi) is 8.87. The minimum Gasteiger partial charge on any atom is -0.505 e. The third-order valence-electron chi connectivity index (χ3n) is 5.03. The number of azo groups is 1. The molecule has 14 heteroatoms. The average molecular weight is 557 g/mol. The van der Waals surface area contributed by atoms with Crippen LogP contribution in [0.25, 0.3) is 10.8 Å². The summed E-state index contributed by atoms with van der Waals surface area (Å²) in [6.07, 6.45) is 0. The van der Waals surface area contributed by atoms with E-state index in [0.717, 1.165) is 5.56 Å². The van der Waals surface area contributed by atoms with Gasteiger partial charge in [-0.3, -0.25) is 9.39 Å². The van der Waals surface area contributed by atoms with Gasteiger partial charge in [0.2, 0.25) is 0 Å². The Hall–Kier alpha value is -2.81. The van der Waals surface area contributed by atoms with E-state index >= 15 is 0 Å². The zero-order chi connectivity index (χ0) is 26.5. The smallest absolute Gasteiger partial charge is 0.296 e. The van der Waals surface area contributed by atoms with Gasteiger partial charge in [0.1, 0.15) is 16.5 Å². The molecule has 0 amide bonds. The summed E-state index contributed by atoms with van der Waals surface area (Å²) in [4.78, 5) is 4.59. The number of halogens is 1. The van der Waals surface area contributed by atoms with Crippen LogP contribution in [0, 0.1) is 6.92 Å². The number of hydrogen-bond acceptors (Lipinski definition) is 10. The van der Waals surface area contributed by atoms with Gasteiger partial charge in [0, 0.05) is 24.0 Å². The van der Waals surface area contributed by atoms with Crippen molar-refractivity contribution >= 4 is 59.4 Å². The van der Waals surface area contributed by atoms with Gasteiger partial charge in [-0.2, -0.15) is 19.0 Å². The first-order valence-corrected chi connectivity index (χ1v) is 14.3. The third kappa shape index (κ3) is 6.90. The zero-order valence-corrected chi connectivity index (χ0v) is 21.8. The van der Waals surface area contributed by atoms with Gasteiger partial charge in [-0.05, 0) is 47.7 Å². The fourth-order valence-electron chi connectivity index (χ4n) is 3.40. The Morgan fingerprint density at radius 3 is 2.50 bits per heavy atom. The van der Waals surface area contributed by atoms with Crippen LogP contribution in [0.3, 0.4) is 0 Å². The quantitative estimate of drug-likeness (QED) is 0.0889. The van der Waals surface area contributed by atoms with Crippen molar-refractivity contribution in [3.8, 4) is 5.75 Å². The summed E-state index contributed by atoms with van der Waals surface area (Å²) in [5, 5.41) is 22.6. The number of hydroxylamine groups is 1. The molecule has 0 aliphatic heterocycles. The standard InChI is InChI=1S/C22H25ClN4O7S2/c1-14-8-16-11-19(36(31,32)33)21(22(28)20(16)18(9-14)24-2)27-26-17-5-3-4-15(10-17)12-34-25-13-35(29,30)7-6-23/h3-5,8-11,24-25,28H,6-7,12-13H2,1-2H3,(H,31,32,33). The number of benzene rings is 3. The van der Waals surface area contributed by atoms with Crippen molar-refractivity contribution in [1.29, 1.82) is 0 Å². The summed E-state index contributed by atoms with van der Waals surface area (Å²) < 4.78 is 57.2. The number of aromatic hydroxyl groups is 1. The average Bonchev–Trinajstić information content (AvgIpc) is 2.80. The van der Waals surface area contributed by atoms with Crippen molar-refractivity contribution in [2.24, 2.45) is 10.2 Å². The third-order valence-corrected chi connectivity index (χ3v) is 7.69. The van der Waals surface area contributed by atoms with Gasteiger partial charge in [-0.15, -0.1) is 16.7 Å². The fraction of sp³-hybridized carbons (Fsp3) is 0.273. The van der Waals surface area contributed by atoms with Gasteiger partial charge in [-0.1, -0.05) is 18.2 Å². The van der Waals surface area contributed by atoms with Crippen LogP contribution in [0.4, 0.5) is 17.1 Å². The summed E-state index contributed by atoms with van der Waals surface area (Å²) in [5.74, 6) is -1.05. The molecule has 3 aromatic carbocycles. The Labute approximate surface area is 213 Å². The van der Waals surface area contributed by atoms with E-state index < -0.39 is 42.2 Å². The highest BCUT2D eigenvalue weighted by atomic mass is 35.5. The molecule has 0 radical (unpaired) electrons. The molecule has 0 aliphatic rings. The minimum absolute atomic E-state index is 0.00211. The van der Waals surface area contributed by atoms with Crippen LogP contribution >= 0.6 is 11.6 Å². The van der Waals surface area contributed by atoms with E-state index in [9.17, 15) is 26.5 Å². The highest BCUT2D eigenvalue weighted by molar-refractivity contribution is 7.91. The predicted molar refractivity (Wildman–Crippen MR) is 138 cm³/mol. The van der Waals surface area contributed by atoms with Crippen molar-refractivity contribution in [3.63, 3.8) is 0 Å². The predicted octanol–water partition coefficient (Wildman–Crippen LogP) is 4.19. The Balaban J connectivity index is 1.91. The lowest BCUT2D eigenvalue weighted by atomic mass is 10.0. The highest BCUT2D eigenvalue weighted by Gasteiger charge is 2.23. The minimum atomic E-state index is -4.74. The summed E-state index contributed by atoms with van der Waals surface area (Å²) in [7, 11) is -6.47. The van der Waals surface area contributed by atoms with Crippen LogP contribution in [0.5, 0.6) is 5.75 Å². The molecule has 11 nitrogen and oxygen atoms in total. The van der Waals surface area contributed by atoms with Crippen LogP contribution in [0.15, 0.2) is 57.6 Å². The topological polar surface area (TPSA) is 167 Å². The SMILES string of the molecule is CNc1cc(C)cc2cc(S(=O)(=O)O)c(N=Nc3cccc(CONCS(=O)(=O)CCCl)c3)c(O)c12. The number of rotatable bonds is 11. The molecule has 3 rings (SSSR count). The number of anilines is 1. The highest BCUT2D eigenvalue weighted by Crippen LogP contribution is 2.44. The van der Waals surface area contributed by atoms with Crippen LogP contribution < -0.4 is 10.8 Å². The number of hydrogen-bond donors (Lipinski definition) is 4. The molecule has 0 saturated heterocycles. The molecule has 0 saturated carbocycles. The van der Waals surface area contributed by atoms with Gasteiger partial charge in [0.05, 0.1) is 18.0 Å². The fourth-order valence-corrected chi connectivity index (χ4v) is 5.40. The first kappa shape index (κ1) is 27.8. The number of nitrogens with zero attached hydrogens (tertiary/aromatic N) is 2. The van der Waals surface area contributed by atoms with E-state index in [1.165, 1.54) is 6.07 Å². The van der Waals surface area contributed by atoms with Crippen LogP contribution in [-0.4, -0.2) is 51.1 Å².